The van der Waals surface area contributed by atoms with Crippen molar-refractivity contribution in [1.29, 1.82) is 0 Å². The van der Waals surface area contributed by atoms with Gasteiger partial charge < -0.3 is 5.73 Å². The lowest BCUT2D eigenvalue weighted by atomic mass is 9.98. The molecule has 1 heteroatoms. The minimum Gasteiger partial charge on any atom is -0.327 e. The van der Waals surface area contributed by atoms with Crippen molar-refractivity contribution in [3.63, 3.8) is 0 Å². The van der Waals surface area contributed by atoms with E-state index in [4.69, 9.17) is 5.73 Å². The summed E-state index contributed by atoms with van der Waals surface area (Å²) in [6, 6.07) is 9.46. The molecule has 2 N–H and O–H groups in total. The molecule has 1 nitrogen and oxygen atoms in total. The van der Waals surface area contributed by atoms with Crippen LogP contribution >= 0.6 is 0 Å². The lowest BCUT2D eigenvalue weighted by Crippen LogP contribution is -2.22. The summed E-state index contributed by atoms with van der Waals surface area (Å²) >= 11 is 0. The summed E-state index contributed by atoms with van der Waals surface area (Å²) in [5, 5.41) is 0. The SMILES string of the molecule is CC(C)c1ccc(CCC(N)C2CC2)cc1. The molecule has 16 heavy (non-hydrogen) atoms. The predicted octanol–water partition coefficient (Wildman–Crippen LogP) is 3.48. The van der Waals surface area contributed by atoms with Gasteiger partial charge >= 0.3 is 0 Å². The zero-order chi connectivity index (χ0) is 11.5. The van der Waals surface area contributed by atoms with E-state index in [0.717, 1.165) is 18.8 Å². The fraction of sp³-hybridized carbons (Fsp3) is 0.600. The molecular formula is C15H23N. The molecule has 1 saturated carbocycles. The van der Waals surface area contributed by atoms with Crippen LogP contribution in [-0.4, -0.2) is 6.04 Å². The van der Waals surface area contributed by atoms with Crippen LogP contribution in [0.25, 0.3) is 0 Å². The highest BCUT2D eigenvalue weighted by Gasteiger charge is 2.27. The quantitative estimate of drug-likeness (QED) is 0.803. The third-order valence-corrected chi connectivity index (χ3v) is 3.64. The molecule has 0 aliphatic heterocycles. The third kappa shape index (κ3) is 3.08. The first-order valence-corrected chi connectivity index (χ1v) is 6.51. The first kappa shape index (κ1) is 11.7. The number of hydrogen-bond donors (Lipinski definition) is 1. The van der Waals surface area contributed by atoms with Crippen molar-refractivity contribution in [2.45, 2.75) is 51.5 Å². The predicted molar refractivity (Wildman–Crippen MR) is 69.6 cm³/mol. The zero-order valence-electron chi connectivity index (χ0n) is 10.4. The molecule has 0 spiro atoms. The molecule has 1 atom stereocenters. The van der Waals surface area contributed by atoms with E-state index in [-0.39, 0.29) is 0 Å². The number of aryl methyl sites for hydroxylation is 1. The Bertz CT molecular complexity index is 322. The lowest BCUT2D eigenvalue weighted by Gasteiger charge is -2.11. The van der Waals surface area contributed by atoms with Gasteiger partial charge in [-0.1, -0.05) is 38.1 Å². The van der Waals surface area contributed by atoms with Crippen molar-refractivity contribution in [2.24, 2.45) is 11.7 Å². The van der Waals surface area contributed by atoms with Crippen molar-refractivity contribution in [3.05, 3.63) is 35.4 Å². The van der Waals surface area contributed by atoms with Crippen LogP contribution in [0.15, 0.2) is 24.3 Å². The lowest BCUT2D eigenvalue weighted by molar-refractivity contribution is 0.550. The van der Waals surface area contributed by atoms with Crippen molar-refractivity contribution >= 4 is 0 Å². The Hall–Kier alpha value is -0.820. The molecule has 88 valence electrons. The maximum Gasteiger partial charge on any atom is 0.00703 e. The van der Waals surface area contributed by atoms with Gasteiger partial charge in [0.25, 0.3) is 0 Å². The van der Waals surface area contributed by atoms with E-state index in [1.165, 1.54) is 24.0 Å². The van der Waals surface area contributed by atoms with E-state index >= 15 is 0 Å². The molecule has 0 amide bonds. The van der Waals surface area contributed by atoms with E-state index < -0.39 is 0 Å². The van der Waals surface area contributed by atoms with Crippen LogP contribution in [0.3, 0.4) is 0 Å². The second-order valence-corrected chi connectivity index (χ2v) is 5.44. The monoisotopic (exact) mass is 217 g/mol. The molecule has 0 radical (unpaired) electrons. The summed E-state index contributed by atoms with van der Waals surface area (Å²) in [6.07, 6.45) is 4.99. The Morgan fingerprint density at radius 1 is 1.19 bits per heavy atom. The average Bonchev–Trinajstić information content (AvgIpc) is 3.10. The van der Waals surface area contributed by atoms with Crippen LogP contribution in [0.1, 0.15) is 50.2 Å². The molecular weight excluding hydrogens is 194 g/mol. The first-order chi connectivity index (χ1) is 7.66. The highest BCUT2D eigenvalue weighted by molar-refractivity contribution is 5.24. The molecule has 0 heterocycles. The van der Waals surface area contributed by atoms with Gasteiger partial charge in [-0.3, -0.25) is 0 Å². The molecule has 1 aliphatic rings. The van der Waals surface area contributed by atoms with Crippen LogP contribution in [0.5, 0.6) is 0 Å². The summed E-state index contributed by atoms with van der Waals surface area (Å²) in [6.45, 7) is 4.47. The first-order valence-electron chi connectivity index (χ1n) is 6.51. The molecule has 0 aromatic heterocycles. The van der Waals surface area contributed by atoms with Crippen molar-refractivity contribution in [1.82, 2.24) is 0 Å². The standard InChI is InChI=1S/C15H23N/c1-11(2)13-6-3-12(4-7-13)5-10-15(16)14-8-9-14/h3-4,6-7,11,14-15H,5,8-10,16H2,1-2H3. The molecule has 1 fully saturated rings. The second-order valence-electron chi connectivity index (χ2n) is 5.44. The van der Waals surface area contributed by atoms with Crippen LogP contribution in [0.4, 0.5) is 0 Å². The highest BCUT2D eigenvalue weighted by Crippen LogP contribution is 2.33. The number of benzene rings is 1. The van der Waals surface area contributed by atoms with E-state index in [1.807, 2.05) is 0 Å². The topological polar surface area (TPSA) is 26.0 Å². The number of nitrogens with two attached hydrogens (primary N) is 1. The van der Waals surface area contributed by atoms with Crippen LogP contribution in [0, 0.1) is 5.92 Å². The van der Waals surface area contributed by atoms with Crippen molar-refractivity contribution in [3.8, 4) is 0 Å². The molecule has 2 rings (SSSR count). The number of rotatable bonds is 5. The van der Waals surface area contributed by atoms with E-state index in [0.29, 0.717) is 12.0 Å². The Morgan fingerprint density at radius 3 is 2.31 bits per heavy atom. The van der Waals surface area contributed by atoms with E-state index in [1.54, 1.807) is 0 Å². The maximum absolute atomic E-state index is 6.10. The van der Waals surface area contributed by atoms with Gasteiger partial charge in [-0.2, -0.15) is 0 Å². The Morgan fingerprint density at radius 2 is 1.81 bits per heavy atom. The van der Waals surface area contributed by atoms with Gasteiger partial charge in [-0.05, 0) is 48.6 Å². The Labute approximate surface area is 99.0 Å². The minimum atomic E-state index is 0.435. The van der Waals surface area contributed by atoms with Gasteiger partial charge in [0.05, 0.1) is 0 Å². The summed E-state index contributed by atoms with van der Waals surface area (Å²) in [7, 11) is 0. The normalized spacial score (nSPS) is 17.8. The van der Waals surface area contributed by atoms with Crippen molar-refractivity contribution in [2.75, 3.05) is 0 Å². The molecule has 1 aromatic carbocycles. The molecule has 1 aromatic rings. The average molecular weight is 217 g/mol. The Balaban J connectivity index is 1.84. The minimum absolute atomic E-state index is 0.435. The van der Waals surface area contributed by atoms with Gasteiger partial charge in [0.15, 0.2) is 0 Å². The van der Waals surface area contributed by atoms with Gasteiger partial charge in [-0.25, -0.2) is 0 Å². The van der Waals surface area contributed by atoms with Crippen molar-refractivity contribution < 1.29 is 0 Å². The van der Waals surface area contributed by atoms with Gasteiger partial charge in [0, 0.05) is 6.04 Å². The molecule has 0 bridgehead atoms. The summed E-state index contributed by atoms with van der Waals surface area (Å²) in [5.74, 6) is 1.46. The van der Waals surface area contributed by atoms with Crippen LogP contribution in [0.2, 0.25) is 0 Å². The number of hydrogen-bond acceptors (Lipinski definition) is 1. The van der Waals surface area contributed by atoms with Crippen LogP contribution in [-0.2, 0) is 6.42 Å². The smallest absolute Gasteiger partial charge is 0.00703 e. The van der Waals surface area contributed by atoms with Gasteiger partial charge in [-0.15, -0.1) is 0 Å². The highest BCUT2D eigenvalue weighted by atomic mass is 14.7. The van der Waals surface area contributed by atoms with Gasteiger partial charge in [0.2, 0.25) is 0 Å². The second kappa shape index (κ2) is 5.01. The van der Waals surface area contributed by atoms with Crippen LogP contribution < -0.4 is 5.73 Å². The third-order valence-electron chi connectivity index (χ3n) is 3.64. The summed E-state index contributed by atoms with van der Waals surface area (Å²) < 4.78 is 0. The van der Waals surface area contributed by atoms with E-state index in [2.05, 4.69) is 38.1 Å². The molecule has 1 aliphatic carbocycles. The van der Waals surface area contributed by atoms with E-state index in [9.17, 15) is 0 Å². The zero-order valence-corrected chi connectivity index (χ0v) is 10.4. The summed E-state index contributed by atoms with van der Waals surface area (Å²) in [4.78, 5) is 0. The fourth-order valence-electron chi connectivity index (χ4n) is 2.16. The fourth-order valence-corrected chi connectivity index (χ4v) is 2.16. The molecule has 1 unspecified atom stereocenters. The summed E-state index contributed by atoms with van der Waals surface area (Å²) in [5.41, 5.74) is 8.96. The van der Waals surface area contributed by atoms with Gasteiger partial charge in [0.1, 0.15) is 0 Å². The Kier molecular flexibility index (Phi) is 3.65. The molecule has 0 saturated heterocycles. The largest absolute Gasteiger partial charge is 0.327 e. The maximum atomic E-state index is 6.10.